The van der Waals surface area contributed by atoms with Crippen LogP contribution in [0.5, 0.6) is 0 Å². The zero-order valence-electron chi connectivity index (χ0n) is 8.10. The highest BCUT2D eigenvalue weighted by molar-refractivity contribution is 8.27. The second kappa shape index (κ2) is 3.64. The maximum Gasteiger partial charge on any atom is 0.199 e. The molecule has 0 amide bonds. The first kappa shape index (κ1) is 9.93. The highest BCUT2D eigenvalue weighted by Gasteiger charge is 2.35. The number of Topliss-reactive ketones (excluding diaryl/α,β-unsaturated/α-hetero) is 2. The second-order valence-electron chi connectivity index (χ2n) is 3.37. The predicted octanol–water partition coefficient (Wildman–Crippen LogP) is 3.23. The molecule has 0 bridgehead atoms. The second-order valence-corrected chi connectivity index (χ2v) is 5.46. The summed E-state index contributed by atoms with van der Waals surface area (Å²) >= 11 is 2.88. The van der Waals surface area contributed by atoms with Gasteiger partial charge in [0.25, 0.3) is 0 Å². The number of benzene rings is 1. The molecule has 1 aromatic rings. The molecule has 0 aromatic heterocycles. The molecule has 2 nitrogen and oxygen atoms in total. The summed E-state index contributed by atoms with van der Waals surface area (Å²) in [5.41, 5.74) is 1.40. The van der Waals surface area contributed by atoms with Gasteiger partial charge in [0.05, 0.1) is 9.81 Å². The number of thioether (sulfide) groups is 2. The summed E-state index contributed by atoms with van der Waals surface area (Å²) in [5.74, 6) is -0.279. The fourth-order valence-electron chi connectivity index (χ4n) is 1.76. The van der Waals surface area contributed by atoms with Crippen molar-refractivity contribution in [3.05, 3.63) is 56.0 Å². The number of allylic oxidation sites excluding steroid dienone is 1. The summed E-state index contributed by atoms with van der Waals surface area (Å²) in [6.45, 7) is 0. The molecule has 78 valence electrons. The molecule has 0 saturated carbocycles. The molecule has 0 spiro atoms. The molecule has 2 aliphatic rings. The van der Waals surface area contributed by atoms with Gasteiger partial charge in [0.15, 0.2) is 11.6 Å². The highest BCUT2D eigenvalue weighted by atomic mass is 32.2. The van der Waals surface area contributed by atoms with E-state index in [1.54, 1.807) is 24.3 Å². The monoisotopic (exact) mass is 246 g/mol. The summed E-state index contributed by atoms with van der Waals surface area (Å²) in [6.07, 6.45) is 0. The number of carbonyl (C=O) groups excluding carboxylic acids is 2. The summed E-state index contributed by atoms with van der Waals surface area (Å²) in [5, 5.41) is 3.77. The molecule has 1 aromatic carbocycles. The van der Waals surface area contributed by atoms with Crippen LogP contribution in [-0.2, 0) is 0 Å². The van der Waals surface area contributed by atoms with Crippen LogP contribution in [0.2, 0.25) is 0 Å². The predicted molar refractivity (Wildman–Crippen MR) is 66.5 cm³/mol. The third kappa shape index (κ3) is 1.30. The Bertz CT molecular complexity index is 523. The first-order chi connectivity index (χ1) is 7.79. The van der Waals surface area contributed by atoms with Crippen molar-refractivity contribution < 1.29 is 9.59 Å². The lowest BCUT2D eigenvalue weighted by atomic mass is 10.1. The average Bonchev–Trinajstić information content (AvgIpc) is 2.89. The van der Waals surface area contributed by atoms with E-state index in [0.29, 0.717) is 16.7 Å². The largest absolute Gasteiger partial charge is 0.288 e. The Kier molecular flexibility index (Phi) is 2.26. The van der Waals surface area contributed by atoms with Crippen LogP contribution in [0.4, 0.5) is 0 Å². The van der Waals surface area contributed by atoms with Crippen LogP contribution in [0.1, 0.15) is 20.7 Å². The van der Waals surface area contributed by atoms with E-state index in [1.807, 2.05) is 10.8 Å². The Hall–Kier alpha value is -1.26. The van der Waals surface area contributed by atoms with E-state index in [4.69, 9.17) is 0 Å². The molecule has 1 aliphatic carbocycles. The van der Waals surface area contributed by atoms with Crippen molar-refractivity contribution in [2.75, 3.05) is 0 Å². The van der Waals surface area contributed by atoms with Crippen LogP contribution in [0.3, 0.4) is 0 Å². The van der Waals surface area contributed by atoms with Crippen LogP contribution < -0.4 is 0 Å². The van der Waals surface area contributed by atoms with Crippen molar-refractivity contribution in [2.24, 2.45) is 0 Å². The van der Waals surface area contributed by atoms with Gasteiger partial charge in [0.1, 0.15) is 0 Å². The fourth-order valence-corrected chi connectivity index (χ4v) is 3.62. The van der Waals surface area contributed by atoms with Gasteiger partial charge in [-0.05, 0) is 10.8 Å². The van der Waals surface area contributed by atoms with E-state index in [2.05, 4.69) is 0 Å². The zero-order valence-corrected chi connectivity index (χ0v) is 9.73. The molecular weight excluding hydrogens is 240 g/mol. The first-order valence-electron chi connectivity index (χ1n) is 4.70. The van der Waals surface area contributed by atoms with E-state index in [9.17, 15) is 9.59 Å². The fraction of sp³-hybridized carbons (Fsp3) is 0. The summed E-state index contributed by atoms with van der Waals surface area (Å²) in [4.78, 5) is 24.1. The number of carbonyl (C=O) groups is 2. The third-order valence-electron chi connectivity index (χ3n) is 2.48. The molecule has 0 atom stereocenters. The van der Waals surface area contributed by atoms with Gasteiger partial charge in [0.2, 0.25) is 0 Å². The zero-order chi connectivity index (χ0) is 11.1. The van der Waals surface area contributed by atoms with E-state index < -0.39 is 0 Å². The number of hydrogen-bond acceptors (Lipinski definition) is 4. The minimum Gasteiger partial charge on any atom is -0.288 e. The highest BCUT2D eigenvalue weighted by Crippen LogP contribution is 2.43. The van der Waals surface area contributed by atoms with Gasteiger partial charge < -0.3 is 0 Å². The summed E-state index contributed by atoms with van der Waals surface area (Å²) in [6, 6.07) is 6.98. The molecule has 0 saturated heterocycles. The summed E-state index contributed by atoms with van der Waals surface area (Å²) < 4.78 is 0.797. The molecular formula is C12H6O2S2. The quantitative estimate of drug-likeness (QED) is 0.520. The Morgan fingerprint density at radius 1 is 0.812 bits per heavy atom. The van der Waals surface area contributed by atoms with Crippen LogP contribution in [0.25, 0.3) is 0 Å². The Balaban J connectivity index is 2.19. The smallest absolute Gasteiger partial charge is 0.199 e. The van der Waals surface area contributed by atoms with E-state index in [1.165, 1.54) is 23.5 Å². The number of fused-ring (bicyclic) bond motifs is 1. The van der Waals surface area contributed by atoms with E-state index >= 15 is 0 Å². The van der Waals surface area contributed by atoms with Crippen molar-refractivity contribution in [2.45, 2.75) is 0 Å². The molecule has 3 rings (SSSR count). The maximum atomic E-state index is 12.1. The minimum atomic E-state index is -0.140. The van der Waals surface area contributed by atoms with E-state index in [0.717, 1.165) is 4.24 Å². The Labute approximate surface area is 101 Å². The van der Waals surface area contributed by atoms with Crippen LogP contribution >= 0.6 is 23.5 Å². The van der Waals surface area contributed by atoms with Crippen molar-refractivity contribution in [1.82, 2.24) is 0 Å². The summed E-state index contributed by atoms with van der Waals surface area (Å²) in [7, 11) is 0. The lowest BCUT2D eigenvalue weighted by Gasteiger charge is -1.97. The van der Waals surface area contributed by atoms with Gasteiger partial charge in [-0.3, -0.25) is 9.59 Å². The number of hydrogen-bond donors (Lipinski definition) is 0. The van der Waals surface area contributed by atoms with E-state index in [-0.39, 0.29) is 11.6 Å². The molecule has 1 heterocycles. The Morgan fingerprint density at radius 2 is 1.31 bits per heavy atom. The molecule has 0 N–H and O–H groups in total. The lowest BCUT2D eigenvalue weighted by molar-refractivity contribution is 0.0989. The standard InChI is InChI=1S/C12H6O2S2/c13-10-7-3-1-2-4-8(7)11(14)9(10)12-15-5-6-16-12/h1-6H. The van der Waals surface area contributed by atoms with Gasteiger partial charge in [-0.1, -0.05) is 47.8 Å². The van der Waals surface area contributed by atoms with Crippen LogP contribution in [0, 0.1) is 0 Å². The normalized spacial score (nSPS) is 18.5. The minimum absolute atomic E-state index is 0.140. The van der Waals surface area contributed by atoms with Crippen molar-refractivity contribution in [3.8, 4) is 0 Å². The molecule has 4 heteroatoms. The number of rotatable bonds is 0. The van der Waals surface area contributed by atoms with Crippen molar-refractivity contribution in [1.29, 1.82) is 0 Å². The van der Waals surface area contributed by atoms with Gasteiger partial charge in [-0.15, -0.1) is 0 Å². The molecule has 0 radical (unpaired) electrons. The Morgan fingerprint density at radius 3 is 1.81 bits per heavy atom. The molecule has 16 heavy (non-hydrogen) atoms. The van der Waals surface area contributed by atoms with Crippen molar-refractivity contribution in [3.63, 3.8) is 0 Å². The molecule has 0 fully saturated rings. The first-order valence-corrected chi connectivity index (χ1v) is 6.46. The third-order valence-corrected chi connectivity index (χ3v) is 4.61. The molecule has 1 aliphatic heterocycles. The van der Waals surface area contributed by atoms with Crippen molar-refractivity contribution >= 4 is 35.1 Å². The van der Waals surface area contributed by atoms with Crippen LogP contribution in [0.15, 0.2) is 44.9 Å². The topological polar surface area (TPSA) is 34.1 Å². The lowest BCUT2D eigenvalue weighted by Crippen LogP contribution is -2.01. The van der Waals surface area contributed by atoms with Gasteiger partial charge in [0, 0.05) is 11.1 Å². The van der Waals surface area contributed by atoms with Crippen LogP contribution in [-0.4, -0.2) is 11.6 Å². The molecule has 0 unspecified atom stereocenters. The number of ketones is 2. The maximum absolute atomic E-state index is 12.1. The van der Waals surface area contributed by atoms with Gasteiger partial charge in [-0.25, -0.2) is 0 Å². The average molecular weight is 246 g/mol. The SMILES string of the molecule is O=C1C(=C2SC=CS2)C(=O)c2ccccc21. The van der Waals surface area contributed by atoms with Gasteiger partial charge in [-0.2, -0.15) is 0 Å². The van der Waals surface area contributed by atoms with Gasteiger partial charge >= 0.3 is 0 Å².